The van der Waals surface area contributed by atoms with E-state index in [1.807, 2.05) is 24.5 Å². The summed E-state index contributed by atoms with van der Waals surface area (Å²) >= 11 is 0. The summed E-state index contributed by atoms with van der Waals surface area (Å²) in [5.41, 5.74) is 3.09. The lowest BCUT2D eigenvalue weighted by Gasteiger charge is -2.16. The third-order valence-corrected chi connectivity index (χ3v) is 7.02. The number of carbonyl (C=O) groups excluding carboxylic acids is 2. The number of hydrogen-bond donors (Lipinski definition) is 0. The molecule has 1 aromatic heterocycles. The van der Waals surface area contributed by atoms with E-state index in [2.05, 4.69) is 0 Å². The third-order valence-electron chi connectivity index (χ3n) is 5.27. The molecule has 156 valence electrons. The topological polar surface area (TPSA) is 91.7 Å². The normalized spacial score (nSPS) is 17.9. The molecule has 0 unspecified atom stereocenters. The molecule has 3 rings (SSSR count). The van der Waals surface area contributed by atoms with Crippen molar-refractivity contribution < 1.29 is 27.5 Å². The number of nitrogens with zero attached hydrogens (tertiary/aromatic N) is 1. The van der Waals surface area contributed by atoms with Crippen LogP contribution in [0.1, 0.15) is 50.1 Å². The summed E-state index contributed by atoms with van der Waals surface area (Å²) in [6.45, 7) is 5.08. The summed E-state index contributed by atoms with van der Waals surface area (Å²) in [7, 11) is -1.57. The highest BCUT2D eigenvalue weighted by Crippen LogP contribution is 2.29. The first-order valence-corrected chi connectivity index (χ1v) is 11.2. The Morgan fingerprint density at radius 1 is 1.14 bits per heavy atom. The van der Waals surface area contributed by atoms with Crippen LogP contribution in [0.25, 0.3) is 0 Å². The van der Waals surface area contributed by atoms with Crippen molar-refractivity contribution in [2.75, 3.05) is 25.2 Å². The highest BCUT2D eigenvalue weighted by molar-refractivity contribution is 7.91. The second-order valence-corrected chi connectivity index (χ2v) is 9.64. The number of Topliss-reactive ketones (excluding diaryl/α,β-unsaturated/α-hetero) is 1. The van der Waals surface area contributed by atoms with Gasteiger partial charge in [0.15, 0.2) is 16.4 Å². The average molecular weight is 419 g/mol. The molecule has 2 heterocycles. The molecule has 2 aromatic rings. The minimum atomic E-state index is -3.04. The maximum Gasteiger partial charge on any atom is 0.342 e. The maximum absolute atomic E-state index is 12.7. The quantitative estimate of drug-likeness (QED) is 0.528. The van der Waals surface area contributed by atoms with Gasteiger partial charge in [-0.05, 0) is 45.4 Å². The Labute approximate surface area is 170 Å². The highest BCUT2D eigenvalue weighted by Gasteiger charge is 2.31. The van der Waals surface area contributed by atoms with Crippen LogP contribution in [0.15, 0.2) is 24.3 Å². The molecule has 1 fully saturated rings. The van der Waals surface area contributed by atoms with Crippen LogP contribution in [0, 0.1) is 20.8 Å². The van der Waals surface area contributed by atoms with Gasteiger partial charge in [0, 0.05) is 23.0 Å². The van der Waals surface area contributed by atoms with E-state index in [1.54, 1.807) is 25.1 Å². The number of aryl methyl sites for hydroxylation is 2. The largest absolute Gasteiger partial charge is 0.496 e. The van der Waals surface area contributed by atoms with Crippen LogP contribution in [-0.4, -0.2) is 50.0 Å². The predicted molar refractivity (Wildman–Crippen MR) is 109 cm³/mol. The van der Waals surface area contributed by atoms with Crippen molar-refractivity contribution in [2.24, 2.45) is 0 Å². The fraction of sp³-hybridized carbons (Fsp3) is 0.429. The monoisotopic (exact) mass is 419 g/mol. The van der Waals surface area contributed by atoms with Crippen LogP contribution >= 0.6 is 0 Å². The minimum Gasteiger partial charge on any atom is -0.496 e. The van der Waals surface area contributed by atoms with Gasteiger partial charge in [-0.3, -0.25) is 4.79 Å². The maximum atomic E-state index is 12.7. The van der Waals surface area contributed by atoms with Crippen molar-refractivity contribution in [3.8, 4) is 5.75 Å². The Kier molecular flexibility index (Phi) is 5.84. The molecule has 1 aromatic carbocycles. The van der Waals surface area contributed by atoms with Gasteiger partial charge in [0.2, 0.25) is 5.78 Å². The smallest absolute Gasteiger partial charge is 0.342 e. The number of esters is 1. The fourth-order valence-corrected chi connectivity index (χ4v) is 5.57. The van der Waals surface area contributed by atoms with Gasteiger partial charge in [-0.15, -0.1) is 0 Å². The van der Waals surface area contributed by atoms with Crippen LogP contribution in [0.3, 0.4) is 0 Å². The molecular weight excluding hydrogens is 394 g/mol. The number of sulfone groups is 1. The lowest BCUT2D eigenvalue weighted by Crippen LogP contribution is -2.17. The summed E-state index contributed by atoms with van der Waals surface area (Å²) in [6, 6.07) is 6.71. The molecule has 1 saturated heterocycles. The summed E-state index contributed by atoms with van der Waals surface area (Å²) in [5, 5.41) is 0. The Morgan fingerprint density at radius 2 is 1.86 bits per heavy atom. The van der Waals surface area contributed by atoms with Gasteiger partial charge in [0.25, 0.3) is 0 Å². The van der Waals surface area contributed by atoms with E-state index in [4.69, 9.17) is 9.47 Å². The van der Waals surface area contributed by atoms with Crippen molar-refractivity contribution in [3.63, 3.8) is 0 Å². The van der Waals surface area contributed by atoms with Gasteiger partial charge < -0.3 is 14.0 Å². The van der Waals surface area contributed by atoms with E-state index in [0.717, 1.165) is 11.3 Å². The Hall–Kier alpha value is -2.61. The molecule has 0 radical (unpaired) electrons. The molecule has 7 nitrogen and oxygen atoms in total. The van der Waals surface area contributed by atoms with E-state index in [1.165, 1.54) is 7.11 Å². The van der Waals surface area contributed by atoms with Crippen LogP contribution in [0.5, 0.6) is 5.75 Å². The van der Waals surface area contributed by atoms with Gasteiger partial charge >= 0.3 is 5.97 Å². The van der Waals surface area contributed by atoms with Gasteiger partial charge in [0.1, 0.15) is 11.3 Å². The molecule has 29 heavy (non-hydrogen) atoms. The van der Waals surface area contributed by atoms with Crippen molar-refractivity contribution in [1.29, 1.82) is 0 Å². The number of rotatable bonds is 6. The first-order chi connectivity index (χ1) is 13.6. The van der Waals surface area contributed by atoms with E-state index in [9.17, 15) is 18.0 Å². The Balaban J connectivity index is 1.74. The minimum absolute atomic E-state index is 0.0825. The average Bonchev–Trinajstić information content (AvgIpc) is 3.17. The molecule has 1 atom stereocenters. The Morgan fingerprint density at radius 3 is 2.48 bits per heavy atom. The van der Waals surface area contributed by atoms with Crippen molar-refractivity contribution >= 4 is 21.6 Å². The lowest BCUT2D eigenvalue weighted by molar-refractivity contribution is 0.0471. The molecule has 8 heteroatoms. The van der Waals surface area contributed by atoms with E-state index in [0.29, 0.717) is 23.4 Å². The van der Waals surface area contributed by atoms with Crippen molar-refractivity contribution in [2.45, 2.75) is 33.2 Å². The SMILES string of the molecule is COc1ccc(C)cc1C(=O)OCC(=O)c1cc(C)n([C@H]2CCS(=O)(=O)C2)c1C. The van der Waals surface area contributed by atoms with E-state index >= 15 is 0 Å². The standard InChI is InChI=1S/C21H25NO6S/c1-13-5-6-20(27-4)18(9-13)21(24)28-11-19(23)17-10-14(2)22(15(17)3)16-7-8-29(25,26)12-16/h5-6,9-10,16H,7-8,11-12H2,1-4H3/t16-/m0/s1. The van der Waals surface area contributed by atoms with Crippen molar-refractivity contribution in [3.05, 3.63) is 52.3 Å². The lowest BCUT2D eigenvalue weighted by atomic mass is 10.1. The molecule has 0 N–H and O–H groups in total. The zero-order chi connectivity index (χ0) is 21.3. The van der Waals surface area contributed by atoms with E-state index in [-0.39, 0.29) is 28.9 Å². The number of aromatic nitrogens is 1. The summed E-state index contributed by atoms with van der Waals surface area (Å²) in [5.74, 6) is -0.332. The second kappa shape index (κ2) is 8.02. The molecule has 1 aliphatic heterocycles. The number of carbonyl (C=O) groups is 2. The first kappa shape index (κ1) is 21.1. The summed E-state index contributed by atoms with van der Waals surface area (Å²) in [4.78, 5) is 25.1. The summed E-state index contributed by atoms with van der Waals surface area (Å²) < 4.78 is 36.0. The van der Waals surface area contributed by atoms with Crippen LogP contribution in [-0.2, 0) is 14.6 Å². The van der Waals surface area contributed by atoms with Gasteiger partial charge in [-0.1, -0.05) is 11.6 Å². The number of ether oxygens (including phenoxy) is 2. The second-order valence-electron chi connectivity index (χ2n) is 7.41. The zero-order valence-electron chi connectivity index (χ0n) is 17.0. The fourth-order valence-electron chi connectivity index (χ4n) is 3.87. The first-order valence-electron chi connectivity index (χ1n) is 9.36. The van der Waals surface area contributed by atoms with Crippen LogP contribution < -0.4 is 4.74 Å². The molecule has 0 spiro atoms. The molecule has 0 amide bonds. The molecule has 0 bridgehead atoms. The van der Waals surface area contributed by atoms with Gasteiger partial charge in [-0.25, -0.2) is 13.2 Å². The molecular formula is C21H25NO6S. The highest BCUT2D eigenvalue weighted by atomic mass is 32.2. The van der Waals surface area contributed by atoms with Gasteiger partial charge in [-0.2, -0.15) is 0 Å². The molecule has 0 saturated carbocycles. The number of methoxy groups -OCH3 is 1. The Bertz CT molecular complexity index is 1070. The number of hydrogen-bond acceptors (Lipinski definition) is 6. The van der Waals surface area contributed by atoms with Crippen molar-refractivity contribution in [1.82, 2.24) is 4.57 Å². The van der Waals surface area contributed by atoms with Crippen LogP contribution in [0.4, 0.5) is 0 Å². The number of ketones is 1. The summed E-state index contributed by atoms with van der Waals surface area (Å²) in [6.07, 6.45) is 0.536. The number of benzene rings is 1. The van der Waals surface area contributed by atoms with Crippen LogP contribution in [0.2, 0.25) is 0 Å². The molecule has 1 aliphatic rings. The zero-order valence-corrected chi connectivity index (χ0v) is 17.8. The predicted octanol–water partition coefficient (Wildman–Crippen LogP) is 2.82. The molecule has 0 aliphatic carbocycles. The van der Waals surface area contributed by atoms with Gasteiger partial charge in [0.05, 0.1) is 18.6 Å². The third kappa shape index (κ3) is 4.37. The van der Waals surface area contributed by atoms with E-state index < -0.39 is 22.4 Å².